The average molecular weight is 579 g/mol. The van der Waals surface area contributed by atoms with Crippen LogP contribution >= 0.6 is 11.5 Å². The first-order valence-corrected chi connectivity index (χ1v) is 13.6. The van der Waals surface area contributed by atoms with Crippen LogP contribution in [-0.2, 0) is 15.7 Å². The summed E-state index contributed by atoms with van der Waals surface area (Å²) in [4.78, 5) is 7.31. The van der Waals surface area contributed by atoms with Gasteiger partial charge >= 0.3 is 11.0 Å². The van der Waals surface area contributed by atoms with E-state index in [0.717, 1.165) is 22.5 Å². The second kappa shape index (κ2) is 11.2. The molecule has 0 aliphatic rings. The van der Waals surface area contributed by atoms with Crippen molar-refractivity contribution in [2.45, 2.75) is 17.7 Å². The Morgan fingerprint density at radius 2 is 1.25 bits per heavy atom. The van der Waals surface area contributed by atoms with E-state index in [-0.39, 0.29) is 22.9 Å². The predicted octanol–water partition coefficient (Wildman–Crippen LogP) is 3.31. The summed E-state index contributed by atoms with van der Waals surface area (Å²) in [6, 6.07) is 36.6. The molecule has 0 radical (unpaired) electrons. The van der Waals surface area contributed by atoms with Crippen LogP contribution < -0.4 is 25.8 Å². The summed E-state index contributed by atoms with van der Waals surface area (Å²) in [7, 11) is -3.59. The maximum atomic E-state index is 13.4. The molecule has 4 aromatic carbocycles. The number of benzene rings is 4. The van der Waals surface area contributed by atoms with Gasteiger partial charge in [-0.15, -0.1) is 0 Å². The molecule has 5 aromatic rings. The van der Waals surface area contributed by atoms with Crippen LogP contribution in [0.4, 0.5) is 16.5 Å². The lowest BCUT2D eigenvalue weighted by Gasteiger charge is -2.18. The van der Waals surface area contributed by atoms with E-state index in [4.69, 9.17) is 4.98 Å². The normalized spacial score (nSPS) is 11.0. The zero-order valence-corrected chi connectivity index (χ0v) is 22.7. The maximum absolute atomic E-state index is 13.4. The molecule has 0 amide bonds. The molecule has 0 saturated heterocycles. The molecule has 0 saturated carbocycles. The molecule has 0 N–H and O–H groups in total. The van der Waals surface area contributed by atoms with E-state index in [1.165, 1.54) is 11.5 Å². The topological polar surface area (TPSA) is 54.2 Å². The highest BCUT2D eigenvalue weighted by atomic mass is 79.9. The minimum absolute atomic E-state index is 0. The van der Waals surface area contributed by atoms with Crippen LogP contribution in [-0.4, -0.2) is 13.4 Å². The smallest absolute Gasteiger partial charge is 0.346 e. The zero-order valence-electron chi connectivity index (χ0n) is 19.5. The van der Waals surface area contributed by atoms with Gasteiger partial charge in [-0.2, -0.15) is 3.96 Å². The number of para-hydroxylation sites is 2. The van der Waals surface area contributed by atoms with Crippen molar-refractivity contribution in [3.05, 3.63) is 121 Å². The summed E-state index contributed by atoms with van der Waals surface area (Å²) in [5.74, 6) is 0.410. The number of nitrogens with zero attached hydrogens (tertiary/aromatic N) is 3. The highest BCUT2D eigenvalue weighted by Gasteiger charge is 2.31. The third-order valence-corrected chi connectivity index (χ3v) is 8.26. The number of aromatic nitrogens is 2. The van der Waals surface area contributed by atoms with Crippen molar-refractivity contribution < 1.29 is 29.4 Å². The summed E-state index contributed by atoms with van der Waals surface area (Å²) in [5, 5.41) is 0.681. The summed E-state index contributed by atoms with van der Waals surface area (Å²) in [5.41, 5.74) is 3.76. The van der Waals surface area contributed by atoms with Gasteiger partial charge in [0.15, 0.2) is 0 Å². The molecule has 182 valence electrons. The number of anilines is 3. The van der Waals surface area contributed by atoms with Gasteiger partial charge in [0.1, 0.15) is 11.5 Å². The molecule has 0 aliphatic heterocycles. The van der Waals surface area contributed by atoms with Gasteiger partial charge in [0.25, 0.3) is 0 Å². The Morgan fingerprint density at radius 1 is 0.750 bits per heavy atom. The number of hydrogen-bond acceptors (Lipinski definition) is 5. The highest BCUT2D eigenvalue weighted by molar-refractivity contribution is 7.90. The van der Waals surface area contributed by atoms with Crippen LogP contribution in [0.15, 0.2) is 120 Å². The molecule has 0 aliphatic carbocycles. The molecule has 8 heteroatoms. The molecule has 0 spiro atoms. The third kappa shape index (κ3) is 5.56. The van der Waals surface area contributed by atoms with Gasteiger partial charge in [-0.05, 0) is 60.4 Å². The van der Waals surface area contributed by atoms with E-state index < -0.39 is 9.84 Å². The molecule has 0 unspecified atom stereocenters. The lowest BCUT2D eigenvalue weighted by molar-refractivity contribution is -0.597. The van der Waals surface area contributed by atoms with Crippen molar-refractivity contribution in [1.29, 1.82) is 0 Å². The monoisotopic (exact) mass is 577 g/mol. The van der Waals surface area contributed by atoms with Crippen molar-refractivity contribution in [2.24, 2.45) is 0 Å². The van der Waals surface area contributed by atoms with E-state index >= 15 is 0 Å². The van der Waals surface area contributed by atoms with Crippen LogP contribution in [0.3, 0.4) is 0 Å². The van der Waals surface area contributed by atoms with Crippen LogP contribution in [0.25, 0.3) is 11.4 Å². The Bertz CT molecular complexity index is 1490. The quantitative estimate of drug-likeness (QED) is 0.278. The number of hydrogen-bond donors (Lipinski definition) is 0. The average Bonchev–Trinajstić information content (AvgIpc) is 3.28. The Balaban J connectivity index is 0.00000304. The second-order valence-electron chi connectivity index (χ2n) is 8.12. The fourth-order valence-corrected chi connectivity index (χ4v) is 6.39. The van der Waals surface area contributed by atoms with Crippen molar-refractivity contribution in [1.82, 2.24) is 4.98 Å². The number of sulfone groups is 1. The molecule has 5 rings (SSSR count). The largest absolute Gasteiger partial charge is 1.00 e. The van der Waals surface area contributed by atoms with Gasteiger partial charge in [0.2, 0.25) is 15.7 Å². The Hall–Kier alpha value is -3.33. The fourth-order valence-electron chi connectivity index (χ4n) is 3.78. The van der Waals surface area contributed by atoms with Crippen molar-refractivity contribution in [2.75, 3.05) is 4.90 Å². The van der Waals surface area contributed by atoms with Gasteiger partial charge in [0.05, 0.1) is 21.8 Å². The van der Waals surface area contributed by atoms with Gasteiger partial charge in [-0.1, -0.05) is 72.3 Å². The summed E-state index contributed by atoms with van der Waals surface area (Å²) < 4.78 is 28.5. The van der Waals surface area contributed by atoms with E-state index in [1.807, 2.05) is 115 Å². The third-order valence-electron chi connectivity index (χ3n) is 5.55. The van der Waals surface area contributed by atoms with E-state index in [9.17, 15) is 8.42 Å². The Labute approximate surface area is 226 Å². The lowest BCUT2D eigenvalue weighted by atomic mass is 10.2. The van der Waals surface area contributed by atoms with Gasteiger partial charge < -0.3 is 17.0 Å². The molecular formula is C28H24BrN3O2S2. The highest BCUT2D eigenvalue weighted by Crippen LogP contribution is 2.36. The Kier molecular flexibility index (Phi) is 7.98. The zero-order chi connectivity index (χ0) is 24.3. The standard InChI is InChI=1S/C28H24N3O2S2.BrH/c1-22-17-19-26(20-18-22)35(32,33)21-30-27(23-11-5-2-6-12-23)29-28(34-30)31(24-13-7-3-8-14-24)25-15-9-4-10-16-25;/h2-20H,21H2,1H3;1H/q+1;/p-1. The molecule has 1 heterocycles. The molecule has 1 aromatic heterocycles. The molecule has 5 nitrogen and oxygen atoms in total. The first kappa shape index (κ1) is 25.8. The van der Waals surface area contributed by atoms with Crippen molar-refractivity contribution in [3.63, 3.8) is 0 Å². The molecular weight excluding hydrogens is 554 g/mol. The van der Waals surface area contributed by atoms with E-state index in [2.05, 4.69) is 0 Å². The summed E-state index contributed by atoms with van der Waals surface area (Å²) in [6.07, 6.45) is 0. The van der Waals surface area contributed by atoms with Crippen LogP contribution in [0.2, 0.25) is 0 Å². The minimum Gasteiger partial charge on any atom is -1.00 e. The molecule has 36 heavy (non-hydrogen) atoms. The van der Waals surface area contributed by atoms with Gasteiger partial charge in [0, 0.05) is 0 Å². The predicted molar refractivity (Wildman–Crippen MR) is 141 cm³/mol. The fraction of sp³-hybridized carbons (Fsp3) is 0.0714. The van der Waals surface area contributed by atoms with Gasteiger partial charge in [-0.25, -0.2) is 8.42 Å². The maximum Gasteiger partial charge on any atom is 0.346 e. The summed E-state index contributed by atoms with van der Waals surface area (Å²) >= 11 is 1.33. The van der Waals surface area contributed by atoms with E-state index in [0.29, 0.717) is 15.9 Å². The minimum atomic E-state index is -3.59. The molecule has 0 fully saturated rings. The van der Waals surface area contributed by atoms with Crippen molar-refractivity contribution in [3.8, 4) is 11.4 Å². The Morgan fingerprint density at radius 3 is 1.78 bits per heavy atom. The SMILES string of the molecule is Cc1ccc(S(=O)(=O)C[n+]2sc(N(c3ccccc3)c3ccccc3)nc2-c2ccccc2)cc1.[Br-]. The number of rotatable bonds is 7. The molecule has 0 atom stereocenters. The van der Waals surface area contributed by atoms with Gasteiger partial charge in [-0.3, -0.25) is 4.90 Å². The summed E-state index contributed by atoms with van der Waals surface area (Å²) in [6.45, 7) is 1.94. The van der Waals surface area contributed by atoms with Crippen molar-refractivity contribution >= 4 is 37.9 Å². The first-order chi connectivity index (χ1) is 17.0. The first-order valence-electron chi connectivity index (χ1n) is 11.2. The molecule has 0 bridgehead atoms. The lowest BCUT2D eigenvalue weighted by Crippen LogP contribution is -3.00. The van der Waals surface area contributed by atoms with E-state index in [1.54, 1.807) is 16.1 Å². The van der Waals surface area contributed by atoms with Crippen LogP contribution in [0.1, 0.15) is 5.56 Å². The number of halogens is 1. The van der Waals surface area contributed by atoms with Crippen LogP contribution in [0.5, 0.6) is 0 Å². The number of aryl methyl sites for hydroxylation is 1. The van der Waals surface area contributed by atoms with Crippen LogP contribution in [0, 0.1) is 6.92 Å². The second-order valence-corrected chi connectivity index (χ2v) is 11.1.